The molecule has 34 heavy (non-hydrogen) atoms. The minimum Gasteiger partial charge on any atom is -0.367 e. The smallest absolute Gasteiger partial charge is 0.179 e. The Bertz CT molecular complexity index is 1210. The van der Waals surface area contributed by atoms with Crippen molar-refractivity contribution in [2.75, 3.05) is 38.1 Å². The van der Waals surface area contributed by atoms with Crippen LogP contribution in [0.1, 0.15) is 28.3 Å². The van der Waals surface area contributed by atoms with Crippen LogP contribution in [0.15, 0.2) is 48.9 Å². The summed E-state index contributed by atoms with van der Waals surface area (Å²) in [5.41, 5.74) is 7.50. The van der Waals surface area contributed by atoms with E-state index in [2.05, 4.69) is 73.7 Å². The van der Waals surface area contributed by atoms with Gasteiger partial charge in [-0.25, -0.2) is 9.97 Å². The predicted molar refractivity (Wildman–Crippen MR) is 134 cm³/mol. The minimum absolute atomic E-state index is 0.657. The molecular weight excluding hydrogens is 424 g/mol. The van der Waals surface area contributed by atoms with E-state index in [9.17, 15) is 0 Å². The molecule has 0 radical (unpaired) electrons. The molecule has 0 atom stereocenters. The Kier molecular flexibility index (Phi) is 6.51. The van der Waals surface area contributed by atoms with E-state index in [1.807, 2.05) is 30.7 Å². The second-order valence-electron chi connectivity index (χ2n) is 9.18. The van der Waals surface area contributed by atoms with E-state index >= 15 is 0 Å². The molecule has 1 aliphatic rings. The Hall–Kier alpha value is -3.36. The number of rotatable bonds is 7. The molecule has 0 aromatic carbocycles. The number of nitrogens with one attached hydrogen (secondary N) is 1. The van der Waals surface area contributed by atoms with Crippen molar-refractivity contribution in [3.05, 3.63) is 77.3 Å². The molecule has 8 heteroatoms. The topological polar surface area (TPSA) is 77.1 Å². The highest BCUT2D eigenvalue weighted by atomic mass is 15.3. The number of aromatic nitrogens is 5. The molecule has 5 rings (SSSR count). The van der Waals surface area contributed by atoms with Crippen molar-refractivity contribution < 1.29 is 0 Å². The summed E-state index contributed by atoms with van der Waals surface area (Å²) in [7, 11) is 2.18. The highest BCUT2D eigenvalue weighted by molar-refractivity contribution is 5.86. The molecule has 8 nitrogen and oxygen atoms in total. The third kappa shape index (κ3) is 4.93. The first-order valence-electron chi connectivity index (χ1n) is 11.9. The lowest BCUT2D eigenvalue weighted by Crippen LogP contribution is -2.44. The van der Waals surface area contributed by atoms with Crippen molar-refractivity contribution in [3.63, 3.8) is 0 Å². The van der Waals surface area contributed by atoms with Crippen LogP contribution in [0, 0.1) is 13.8 Å². The van der Waals surface area contributed by atoms with Crippen LogP contribution in [-0.4, -0.2) is 67.9 Å². The molecule has 0 bridgehead atoms. The SMILES string of the molecule is Cc1cccnc1CN(Cc1nc2nccc(N3CCN(C)CC3)c2[nH]1)Cc1ncccc1C. The Morgan fingerprint density at radius 3 is 2.09 bits per heavy atom. The van der Waals surface area contributed by atoms with Crippen molar-refractivity contribution in [3.8, 4) is 0 Å². The first kappa shape index (κ1) is 22.4. The number of piperazine rings is 1. The quantitative estimate of drug-likeness (QED) is 0.457. The lowest BCUT2D eigenvalue weighted by atomic mass is 10.1. The van der Waals surface area contributed by atoms with Gasteiger partial charge in [0.1, 0.15) is 11.3 Å². The summed E-state index contributed by atoms with van der Waals surface area (Å²) >= 11 is 0. The van der Waals surface area contributed by atoms with E-state index in [1.165, 1.54) is 16.8 Å². The van der Waals surface area contributed by atoms with E-state index in [1.54, 1.807) is 0 Å². The molecule has 1 saturated heterocycles. The van der Waals surface area contributed by atoms with Crippen LogP contribution < -0.4 is 4.90 Å². The molecule has 0 amide bonds. The molecular formula is C26H32N8. The number of aryl methyl sites for hydroxylation is 2. The Morgan fingerprint density at radius 2 is 1.47 bits per heavy atom. The van der Waals surface area contributed by atoms with Crippen LogP contribution >= 0.6 is 0 Å². The van der Waals surface area contributed by atoms with E-state index in [0.29, 0.717) is 6.54 Å². The molecule has 1 aliphatic heterocycles. The number of anilines is 1. The van der Waals surface area contributed by atoms with Gasteiger partial charge in [-0.1, -0.05) is 12.1 Å². The zero-order valence-electron chi connectivity index (χ0n) is 20.2. The highest BCUT2D eigenvalue weighted by Gasteiger charge is 2.20. The van der Waals surface area contributed by atoms with Gasteiger partial charge in [0.15, 0.2) is 5.65 Å². The van der Waals surface area contributed by atoms with Gasteiger partial charge in [-0.2, -0.15) is 0 Å². The summed E-state index contributed by atoms with van der Waals surface area (Å²) < 4.78 is 0. The number of aromatic amines is 1. The van der Waals surface area contributed by atoms with Gasteiger partial charge in [0.05, 0.1) is 23.6 Å². The lowest BCUT2D eigenvalue weighted by Gasteiger charge is -2.34. The van der Waals surface area contributed by atoms with Crippen molar-refractivity contribution in [1.82, 2.24) is 34.7 Å². The van der Waals surface area contributed by atoms with Crippen LogP contribution in [-0.2, 0) is 19.6 Å². The summed E-state index contributed by atoms with van der Waals surface area (Å²) in [5, 5.41) is 0. The van der Waals surface area contributed by atoms with Gasteiger partial charge in [0, 0.05) is 57.9 Å². The molecule has 4 aromatic rings. The summed E-state index contributed by atoms with van der Waals surface area (Å²) in [6.07, 6.45) is 5.59. The van der Waals surface area contributed by atoms with Gasteiger partial charge >= 0.3 is 0 Å². The monoisotopic (exact) mass is 456 g/mol. The number of hydrogen-bond acceptors (Lipinski definition) is 7. The molecule has 5 heterocycles. The molecule has 1 N–H and O–H groups in total. The number of H-pyrrole nitrogens is 1. The maximum atomic E-state index is 4.86. The Balaban J connectivity index is 1.43. The highest BCUT2D eigenvalue weighted by Crippen LogP contribution is 2.25. The number of likely N-dealkylation sites (N-methyl/N-ethyl adjacent to an activating group) is 1. The Morgan fingerprint density at radius 1 is 0.824 bits per heavy atom. The van der Waals surface area contributed by atoms with Crippen LogP contribution in [0.2, 0.25) is 0 Å². The first-order chi connectivity index (χ1) is 16.6. The largest absolute Gasteiger partial charge is 0.367 e. The van der Waals surface area contributed by atoms with Gasteiger partial charge in [-0.15, -0.1) is 0 Å². The zero-order chi connectivity index (χ0) is 23.5. The van der Waals surface area contributed by atoms with Gasteiger partial charge in [0.25, 0.3) is 0 Å². The lowest BCUT2D eigenvalue weighted by molar-refractivity contribution is 0.235. The van der Waals surface area contributed by atoms with E-state index in [0.717, 1.165) is 67.6 Å². The molecule has 0 saturated carbocycles. The molecule has 0 unspecified atom stereocenters. The first-order valence-corrected chi connectivity index (χ1v) is 11.9. The third-order valence-corrected chi connectivity index (χ3v) is 6.62. The van der Waals surface area contributed by atoms with E-state index < -0.39 is 0 Å². The van der Waals surface area contributed by atoms with Crippen LogP contribution in [0.25, 0.3) is 11.2 Å². The van der Waals surface area contributed by atoms with Crippen molar-refractivity contribution in [2.45, 2.75) is 33.5 Å². The standard InChI is InChI=1S/C26H32N8/c1-19-6-4-9-27-21(19)16-33(17-22-20(2)7-5-10-28-22)18-24-30-25-23(8-11-29-26(25)31-24)34-14-12-32(3)13-15-34/h4-11H,12-18H2,1-3H3,(H,29,30,31). The van der Waals surface area contributed by atoms with E-state index in [-0.39, 0.29) is 0 Å². The Labute approximate surface area is 200 Å². The molecule has 0 aliphatic carbocycles. The molecule has 4 aromatic heterocycles. The summed E-state index contributed by atoms with van der Waals surface area (Å²) in [6, 6.07) is 10.3. The zero-order valence-corrected chi connectivity index (χ0v) is 20.2. The second-order valence-corrected chi connectivity index (χ2v) is 9.18. The normalized spacial score (nSPS) is 14.9. The average molecular weight is 457 g/mol. The predicted octanol–water partition coefficient (Wildman–Crippen LogP) is 3.32. The molecule has 176 valence electrons. The average Bonchev–Trinajstić information content (AvgIpc) is 3.25. The molecule has 0 spiro atoms. The van der Waals surface area contributed by atoms with Crippen LogP contribution in [0.3, 0.4) is 0 Å². The number of pyridine rings is 3. The van der Waals surface area contributed by atoms with E-state index in [4.69, 9.17) is 4.98 Å². The maximum absolute atomic E-state index is 4.86. The summed E-state index contributed by atoms with van der Waals surface area (Å²) in [4.78, 5) is 29.4. The number of fused-ring (bicyclic) bond motifs is 1. The van der Waals surface area contributed by atoms with Crippen molar-refractivity contribution in [2.24, 2.45) is 0 Å². The van der Waals surface area contributed by atoms with Gasteiger partial charge in [0.2, 0.25) is 0 Å². The van der Waals surface area contributed by atoms with Crippen molar-refractivity contribution in [1.29, 1.82) is 0 Å². The fraction of sp³-hybridized carbons (Fsp3) is 0.385. The van der Waals surface area contributed by atoms with Gasteiger partial charge in [-0.3, -0.25) is 14.9 Å². The number of imidazole rings is 1. The third-order valence-electron chi connectivity index (χ3n) is 6.62. The fourth-order valence-electron chi connectivity index (χ4n) is 4.50. The van der Waals surface area contributed by atoms with Gasteiger partial charge < -0.3 is 14.8 Å². The maximum Gasteiger partial charge on any atom is 0.179 e. The van der Waals surface area contributed by atoms with Crippen LogP contribution in [0.4, 0.5) is 5.69 Å². The summed E-state index contributed by atoms with van der Waals surface area (Å²) in [5.74, 6) is 0.909. The fourth-order valence-corrected chi connectivity index (χ4v) is 4.50. The van der Waals surface area contributed by atoms with Crippen LogP contribution in [0.5, 0.6) is 0 Å². The van der Waals surface area contributed by atoms with Gasteiger partial charge in [-0.05, 0) is 50.2 Å². The number of nitrogens with zero attached hydrogens (tertiary/aromatic N) is 7. The number of hydrogen-bond donors (Lipinski definition) is 1. The second kappa shape index (κ2) is 9.87. The minimum atomic E-state index is 0.657. The van der Waals surface area contributed by atoms with Crippen molar-refractivity contribution >= 4 is 16.9 Å². The summed E-state index contributed by atoms with van der Waals surface area (Å²) in [6.45, 7) is 10.5. The molecule has 1 fully saturated rings.